The number of nitrogen functional groups attached to an aromatic ring is 1. The molecule has 0 atom stereocenters. The summed E-state index contributed by atoms with van der Waals surface area (Å²) in [5, 5.41) is 0. The van der Waals surface area contributed by atoms with Crippen LogP contribution in [-0.2, 0) is 10.2 Å². The number of ether oxygens (including phenoxy) is 1. The summed E-state index contributed by atoms with van der Waals surface area (Å²) in [6.07, 6.45) is 0. The Morgan fingerprint density at radius 3 is 2.42 bits per heavy atom. The second-order valence-electron chi connectivity index (χ2n) is 5.75. The van der Waals surface area contributed by atoms with Crippen molar-refractivity contribution in [3.8, 4) is 0 Å². The lowest BCUT2D eigenvalue weighted by molar-refractivity contribution is 0.154. The number of rotatable bonds is 5. The van der Waals surface area contributed by atoms with Crippen molar-refractivity contribution < 1.29 is 4.74 Å². The van der Waals surface area contributed by atoms with E-state index >= 15 is 0 Å². The first-order valence-electron chi connectivity index (χ1n) is 6.70. The monoisotopic (exact) mass is 266 g/mol. The maximum Gasteiger partial charge on any atom is 0.138 e. The van der Waals surface area contributed by atoms with Crippen LogP contribution in [-0.4, -0.2) is 36.8 Å². The smallest absolute Gasteiger partial charge is 0.138 e. The molecule has 0 saturated heterocycles. The van der Waals surface area contributed by atoms with Crippen molar-refractivity contribution in [2.75, 3.05) is 37.4 Å². The minimum atomic E-state index is -0.114. The van der Waals surface area contributed by atoms with E-state index in [1.807, 2.05) is 20.9 Å². The van der Waals surface area contributed by atoms with Gasteiger partial charge in [-0.15, -0.1) is 0 Å². The summed E-state index contributed by atoms with van der Waals surface area (Å²) in [5.41, 5.74) is 6.81. The maximum absolute atomic E-state index is 6.00. The van der Waals surface area contributed by atoms with Gasteiger partial charge in [0, 0.05) is 31.2 Å². The van der Waals surface area contributed by atoms with Crippen LogP contribution in [0.4, 0.5) is 11.6 Å². The molecule has 2 N–H and O–H groups in total. The van der Waals surface area contributed by atoms with Crippen molar-refractivity contribution >= 4 is 11.6 Å². The quantitative estimate of drug-likeness (QED) is 0.827. The Hall–Kier alpha value is -1.36. The van der Waals surface area contributed by atoms with Crippen molar-refractivity contribution in [2.24, 2.45) is 0 Å². The molecule has 0 unspecified atom stereocenters. The van der Waals surface area contributed by atoms with Crippen molar-refractivity contribution in [1.82, 2.24) is 9.97 Å². The van der Waals surface area contributed by atoms with Gasteiger partial charge in [0.05, 0.1) is 6.61 Å². The topological polar surface area (TPSA) is 64.3 Å². The lowest BCUT2D eigenvalue weighted by Crippen LogP contribution is -2.27. The van der Waals surface area contributed by atoms with Crippen LogP contribution in [0.15, 0.2) is 0 Å². The molecule has 0 aromatic carbocycles. The highest BCUT2D eigenvalue weighted by molar-refractivity contribution is 5.56. The van der Waals surface area contributed by atoms with Gasteiger partial charge in [-0.2, -0.15) is 0 Å². The van der Waals surface area contributed by atoms with E-state index in [1.165, 1.54) is 0 Å². The standard InChI is InChI=1S/C14H26N4O/c1-7-19-9-8-18(6)12-10(2)11(15)16-13(17-12)14(3,4)5/h7-9H2,1-6H3,(H2,15,16,17). The zero-order valence-corrected chi connectivity index (χ0v) is 12.9. The van der Waals surface area contributed by atoms with Crippen LogP contribution < -0.4 is 10.6 Å². The number of anilines is 2. The number of aromatic nitrogens is 2. The molecule has 0 radical (unpaired) electrons. The molecule has 1 aromatic rings. The highest BCUT2D eigenvalue weighted by Crippen LogP contribution is 2.26. The summed E-state index contributed by atoms with van der Waals surface area (Å²) < 4.78 is 5.38. The Kier molecular flexibility index (Phi) is 5.11. The molecule has 1 rings (SSSR count). The van der Waals surface area contributed by atoms with E-state index in [4.69, 9.17) is 10.5 Å². The van der Waals surface area contributed by atoms with Gasteiger partial charge in [-0.25, -0.2) is 9.97 Å². The van der Waals surface area contributed by atoms with Crippen LogP contribution in [0, 0.1) is 6.92 Å². The van der Waals surface area contributed by atoms with Crippen molar-refractivity contribution in [3.63, 3.8) is 0 Å². The third-order valence-electron chi connectivity index (χ3n) is 2.97. The van der Waals surface area contributed by atoms with Crippen LogP contribution in [0.2, 0.25) is 0 Å². The molecule has 0 aliphatic heterocycles. The summed E-state index contributed by atoms with van der Waals surface area (Å²) in [4.78, 5) is 11.1. The molecule has 19 heavy (non-hydrogen) atoms. The molecule has 0 aliphatic carbocycles. The minimum Gasteiger partial charge on any atom is -0.383 e. The number of hydrogen-bond donors (Lipinski definition) is 1. The molecule has 0 spiro atoms. The van der Waals surface area contributed by atoms with E-state index in [9.17, 15) is 0 Å². The first-order chi connectivity index (χ1) is 8.77. The van der Waals surface area contributed by atoms with Crippen LogP contribution in [0.25, 0.3) is 0 Å². The Morgan fingerprint density at radius 2 is 1.89 bits per heavy atom. The first-order valence-corrected chi connectivity index (χ1v) is 6.70. The summed E-state index contributed by atoms with van der Waals surface area (Å²) in [5.74, 6) is 2.21. The molecule has 1 aromatic heterocycles. The van der Waals surface area contributed by atoms with E-state index in [0.29, 0.717) is 12.4 Å². The van der Waals surface area contributed by atoms with Gasteiger partial charge in [0.25, 0.3) is 0 Å². The van der Waals surface area contributed by atoms with Gasteiger partial charge in [-0.05, 0) is 13.8 Å². The fourth-order valence-electron chi connectivity index (χ4n) is 1.68. The molecule has 108 valence electrons. The second-order valence-corrected chi connectivity index (χ2v) is 5.75. The van der Waals surface area contributed by atoms with Gasteiger partial charge < -0.3 is 15.4 Å². The van der Waals surface area contributed by atoms with E-state index in [0.717, 1.165) is 30.4 Å². The SMILES string of the molecule is CCOCCN(C)c1nc(C(C)(C)C)nc(N)c1C. The predicted molar refractivity (Wildman–Crippen MR) is 79.6 cm³/mol. The second kappa shape index (κ2) is 6.19. The third-order valence-corrected chi connectivity index (χ3v) is 2.97. The predicted octanol–water partition coefficient (Wildman–Crippen LogP) is 2.14. The van der Waals surface area contributed by atoms with E-state index < -0.39 is 0 Å². The van der Waals surface area contributed by atoms with E-state index in [-0.39, 0.29) is 5.41 Å². The fraction of sp³-hybridized carbons (Fsp3) is 0.714. The molecule has 5 heteroatoms. The van der Waals surface area contributed by atoms with Crippen LogP contribution in [0.3, 0.4) is 0 Å². The summed E-state index contributed by atoms with van der Waals surface area (Å²) >= 11 is 0. The zero-order chi connectivity index (χ0) is 14.6. The Balaban J connectivity index is 3.02. The number of nitrogens with zero attached hydrogens (tertiary/aromatic N) is 3. The van der Waals surface area contributed by atoms with Gasteiger partial charge in [-0.1, -0.05) is 20.8 Å². The number of hydrogen-bond acceptors (Lipinski definition) is 5. The number of likely N-dealkylation sites (N-methyl/N-ethyl adjacent to an activating group) is 1. The minimum absolute atomic E-state index is 0.114. The average Bonchev–Trinajstić information content (AvgIpc) is 2.31. The van der Waals surface area contributed by atoms with Crippen LogP contribution in [0.5, 0.6) is 0 Å². The van der Waals surface area contributed by atoms with Crippen molar-refractivity contribution in [1.29, 1.82) is 0 Å². The fourth-order valence-corrected chi connectivity index (χ4v) is 1.68. The number of nitrogens with two attached hydrogens (primary N) is 1. The van der Waals surface area contributed by atoms with Crippen LogP contribution >= 0.6 is 0 Å². The van der Waals surface area contributed by atoms with E-state index in [2.05, 4.69) is 35.6 Å². The lowest BCUT2D eigenvalue weighted by atomic mass is 9.95. The van der Waals surface area contributed by atoms with Gasteiger partial charge in [-0.3, -0.25) is 0 Å². The molecule has 0 saturated carbocycles. The largest absolute Gasteiger partial charge is 0.383 e. The lowest BCUT2D eigenvalue weighted by Gasteiger charge is -2.24. The zero-order valence-electron chi connectivity index (χ0n) is 12.9. The first kappa shape index (κ1) is 15.7. The summed E-state index contributed by atoms with van der Waals surface area (Å²) in [7, 11) is 2.00. The molecule has 0 amide bonds. The van der Waals surface area contributed by atoms with Crippen LogP contribution in [0.1, 0.15) is 39.1 Å². The molecule has 0 fully saturated rings. The molecular weight excluding hydrogens is 240 g/mol. The average molecular weight is 266 g/mol. The Bertz CT molecular complexity index is 426. The van der Waals surface area contributed by atoms with Gasteiger partial charge >= 0.3 is 0 Å². The van der Waals surface area contributed by atoms with Gasteiger partial charge in [0.2, 0.25) is 0 Å². The molecule has 0 bridgehead atoms. The third kappa shape index (κ3) is 4.06. The molecule has 1 heterocycles. The van der Waals surface area contributed by atoms with E-state index in [1.54, 1.807) is 0 Å². The molecular formula is C14H26N4O. The van der Waals surface area contributed by atoms with Gasteiger partial charge in [0.15, 0.2) is 0 Å². The van der Waals surface area contributed by atoms with Gasteiger partial charge in [0.1, 0.15) is 17.5 Å². The van der Waals surface area contributed by atoms with Crippen molar-refractivity contribution in [2.45, 2.75) is 40.0 Å². The van der Waals surface area contributed by atoms with Crippen molar-refractivity contribution in [3.05, 3.63) is 11.4 Å². The Morgan fingerprint density at radius 1 is 1.26 bits per heavy atom. The molecule has 5 nitrogen and oxygen atoms in total. The Labute approximate surface area is 116 Å². The highest BCUT2D eigenvalue weighted by atomic mass is 16.5. The normalized spacial score (nSPS) is 11.7. The molecule has 0 aliphatic rings. The maximum atomic E-state index is 6.00. The summed E-state index contributed by atoms with van der Waals surface area (Å²) in [6.45, 7) is 12.4. The summed E-state index contributed by atoms with van der Waals surface area (Å²) in [6, 6.07) is 0. The highest BCUT2D eigenvalue weighted by Gasteiger charge is 2.21.